The molecule has 1 aliphatic heterocycles. The summed E-state index contributed by atoms with van der Waals surface area (Å²) in [5.41, 5.74) is 5.45. The number of amidine groups is 1. The summed E-state index contributed by atoms with van der Waals surface area (Å²) in [6.07, 6.45) is 3.53. The molecule has 1 fully saturated rings. The Morgan fingerprint density at radius 3 is 2.79 bits per heavy atom. The van der Waals surface area contributed by atoms with Crippen molar-refractivity contribution in [3.63, 3.8) is 0 Å². The normalized spacial score (nSPS) is 17.6. The van der Waals surface area contributed by atoms with E-state index in [9.17, 15) is 0 Å². The summed E-state index contributed by atoms with van der Waals surface area (Å²) < 4.78 is 0. The van der Waals surface area contributed by atoms with Gasteiger partial charge in [-0.2, -0.15) is 5.10 Å². The zero-order chi connectivity index (χ0) is 20.4. The fourth-order valence-corrected chi connectivity index (χ4v) is 4.19. The van der Waals surface area contributed by atoms with Gasteiger partial charge in [-0.25, -0.2) is 15.8 Å². The fraction of sp³-hybridized carbons (Fsp3) is 0.250. The van der Waals surface area contributed by atoms with E-state index in [2.05, 4.69) is 25.4 Å². The van der Waals surface area contributed by atoms with E-state index >= 15 is 0 Å². The fourth-order valence-electron chi connectivity index (χ4n) is 3.89. The molecule has 1 unspecified atom stereocenters. The predicted octanol–water partition coefficient (Wildman–Crippen LogP) is 3.56. The predicted molar refractivity (Wildman–Crippen MR) is 119 cm³/mol. The molecule has 29 heavy (non-hydrogen) atoms. The summed E-state index contributed by atoms with van der Waals surface area (Å²) in [5, 5.41) is 5.80. The minimum atomic E-state index is 0.112. The van der Waals surface area contributed by atoms with Crippen molar-refractivity contribution in [2.45, 2.75) is 12.8 Å². The number of hydrogen-bond acceptors (Lipinski definition) is 6. The second-order valence-electron chi connectivity index (χ2n) is 6.97. The van der Waals surface area contributed by atoms with Crippen LogP contribution in [0.25, 0.3) is 22.0 Å². The Morgan fingerprint density at radius 1 is 1.17 bits per heavy atom. The molecule has 2 aromatic carbocycles. The van der Waals surface area contributed by atoms with E-state index in [1.165, 1.54) is 0 Å². The maximum Gasteiger partial charge on any atom is 0.140 e. The third-order valence-corrected chi connectivity index (χ3v) is 6.01. The van der Waals surface area contributed by atoms with E-state index in [1.807, 2.05) is 30.3 Å². The molecule has 3 aromatic rings. The number of anilines is 1. The van der Waals surface area contributed by atoms with Crippen LogP contribution in [0, 0.1) is 5.92 Å². The quantitative estimate of drug-likeness (QED) is 0.254. The van der Waals surface area contributed by atoms with Crippen LogP contribution in [0.1, 0.15) is 12.8 Å². The second-order valence-corrected chi connectivity index (χ2v) is 7.78. The summed E-state index contributed by atoms with van der Waals surface area (Å²) in [6.45, 7) is 1.59. The second kappa shape index (κ2) is 8.41. The molecule has 4 rings (SSSR count). The SMILES string of the molecule is N/N=C(\NN)C1CCCN(c2ncnc3cccc(-c4ccc(Cl)c(Cl)c4)c23)C1. The van der Waals surface area contributed by atoms with Crippen LogP contribution in [-0.2, 0) is 0 Å². The van der Waals surface area contributed by atoms with Gasteiger partial charge in [-0.3, -0.25) is 0 Å². The number of nitrogens with two attached hydrogens (primary N) is 2. The molecule has 1 aliphatic rings. The van der Waals surface area contributed by atoms with Gasteiger partial charge in [0.15, 0.2) is 0 Å². The first kappa shape index (κ1) is 19.7. The number of halogens is 2. The van der Waals surface area contributed by atoms with Gasteiger partial charge in [0.2, 0.25) is 0 Å². The molecule has 0 aliphatic carbocycles. The molecule has 1 atom stereocenters. The summed E-state index contributed by atoms with van der Waals surface area (Å²) in [6, 6.07) is 11.6. The molecular weight excluding hydrogens is 409 g/mol. The van der Waals surface area contributed by atoms with Gasteiger partial charge in [-0.05, 0) is 42.2 Å². The van der Waals surface area contributed by atoms with Crippen molar-refractivity contribution in [1.29, 1.82) is 0 Å². The first-order valence-corrected chi connectivity index (χ1v) is 10.1. The van der Waals surface area contributed by atoms with Crippen LogP contribution in [0.3, 0.4) is 0 Å². The number of hydrazone groups is 1. The first-order valence-electron chi connectivity index (χ1n) is 9.31. The largest absolute Gasteiger partial charge is 0.355 e. The Bertz CT molecular complexity index is 1060. The summed E-state index contributed by atoms with van der Waals surface area (Å²) in [5.74, 6) is 12.7. The monoisotopic (exact) mass is 429 g/mol. The van der Waals surface area contributed by atoms with Gasteiger partial charge in [0.05, 0.1) is 20.9 Å². The lowest BCUT2D eigenvalue weighted by Crippen LogP contribution is -2.46. The smallest absolute Gasteiger partial charge is 0.140 e. The summed E-state index contributed by atoms with van der Waals surface area (Å²) in [4.78, 5) is 11.3. The van der Waals surface area contributed by atoms with Crippen molar-refractivity contribution in [2.75, 3.05) is 18.0 Å². The van der Waals surface area contributed by atoms with E-state index in [0.717, 1.165) is 47.2 Å². The van der Waals surface area contributed by atoms with Gasteiger partial charge in [-0.1, -0.05) is 41.4 Å². The number of piperidine rings is 1. The lowest BCUT2D eigenvalue weighted by atomic mass is 9.95. The number of hydrazine groups is 1. The first-order chi connectivity index (χ1) is 14.1. The minimum absolute atomic E-state index is 0.112. The third-order valence-electron chi connectivity index (χ3n) is 5.27. The Morgan fingerprint density at radius 2 is 2.03 bits per heavy atom. The Hall–Kier alpha value is -2.61. The Kier molecular flexibility index (Phi) is 5.71. The molecule has 0 saturated carbocycles. The molecule has 9 heteroatoms. The van der Waals surface area contributed by atoms with Crippen LogP contribution in [0.5, 0.6) is 0 Å². The van der Waals surface area contributed by atoms with Crippen LogP contribution < -0.4 is 22.0 Å². The standard InChI is InChI=1S/C20H21Cl2N7/c21-15-7-6-12(9-16(15)22)14-4-1-5-17-18(14)20(26-11-25-17)29-8-2-3-13(10-29)19(27-23)28-24/h1,4-7,9,11,13H,2-3,8,10,23-24H2,(H,27,28). The van der Waals surface area contributed by atoms with Crippen molar-refractivity contribution < 1.29 is 0 Å². The minimum Gasteiger partial charge on any atom is -0.355 e. The molecule has 2 heterocycles. The van der Waals surface area contributed by atoms with Crippen molar-refractivity contribution in [3.05, 3.63) is 52.8 Å². The van der Waals surface area contributed by atoms with E-state index in [1.54, 1.807) is 12.4 Å². The van der Waals surface area contributed by atoms with Gasteiger partial charge in [0, 0.05) is 19.0 Å². The lowest BCUT2D eigenvalue weighted by Gasteiger charge is -2.34. The zero-order valence-electron chi connectivity index (χ0n) is 15.6. The molecule has 0 bridgehead atoms. The number of hydrogen-bond donors (Lipinski definition) is 3. The van der Waals surface area contributed by atoms with E-state index < -0.39 is 0 Å². The van der Waals surface area contributed by atoms with Gasteiger partial charge < -0.3 is 16.2 Å². The van der Waals surface area contributed by atoms with E-state index in [0.29, 0.717) is 22.4 Å². The molecule has 0 spiro atoms. The van der Waals surface area contributed by atoms with Crippen LogP contribution >= 0.6 is 23.2 Å². The number of fused-ring (bicyclic) bond motifs is 1. The molecule has 0 amide bonds. The molecule has 1 saturated heterocycles. The summed E-state index contributed by atoms with van der Waals surface area (Å²) in [7, 11) is 0. The number of rotatable bonds is 3. The number of nitrogens with zero attached hydrogens (tertiary/aromatic N) is 4. The average Bonchev–Trinajstić information content (AvgIpc) is 2.76. The van der Waals surface area contributed by atoms with E-state index in [-0.39, 0.29) is 5.92 Å². The lowest BCUT2D eigenvalue weighted by molar-refractivity contribution is 0.494. The molecule has 1 aromatic heterocycles. The van der Waals surface area contributed by atoms with Gasteiger partial charge in [0.25, 0.3) is 0 Å². The number of aromatic nitrogens is 2. The Balaban J connectivity index is 1.82. The maximum absolute atomic E-state index is 6.27. The highest BCUT2D eigenvalue weighted by molar-refractivity contribution is 6.42. The van der Waals surface area contributed by atoms with Crippen LogP contribution in [0.15, 0.2) is 47.8 Å². The van der Waals surface area contributed by atoms with Crippen molar-refractivity contribution in [3.8, 4) is 11.1 Å². The highest BCUT2D eigenvalue weighted by Gasteiger charge is 2.26. The van der Waals surface area contributed by atoms with Gasteiger partial charge in [0.1, 0.15) is 18.0 Å². The van der Waals surface area contributed by atoms with Crippen molar-refractivity contribution in [2.24, 2.45) is 22.7 Å². The molecular formula is C20H21Cl2N7. The number of benzene rings is 2. The van der Waals surface area contributed by atoms with Crippen LogP contribution in [0.2, 0.25) is 10.0 Å². The van der Waals surface area contributed by atoms with Crippen molar-refractivity contribution in [1.82, 2.24) is 15.4 Å². The Labute approximate surface area is 178 Å². The van der Waals surface area contributed by atoms with Crippen molar-refractivity contribution >= 4 is 45.8 Å². The molecule has 150 valence electrons. The van der Waals surface area contributed by atoms with Crippen LogP contribution in [-0.4, -0.2) is 28.9 Å². The third kappa shape index (κ3) is 3.81. The molecule has 7 nitrogen and oxygen atoms in total. The van der Waals surface area contributed by atoms with Gasteiger partial charge in [-0.15, -0.1) is 0 Å². The zero-order valence-corrected chi connectivity index (χ0v) is 17.2. The highest BCUT2D eigenvalue weighted by Crippen LogP contribution is 2.37. The number of nitrogens with one attached hydrogen (secondary N) is 1. The molecule has 5 N–H and O–H groups in total. The van der Waals surface area contributed by atoms with Crippen LogP contribution in [0.4, 0.5) is 5.82 Å². The average molecular weight is 430 g/mol. The topological polar surface area (TPSA) is 105 Å². The highest BCUT2D eigenvalue weighted by atomic mass is 35.5. The summed E-state index contributed by atoms with van der Waals surface area (Å²) >= 11 is 12.4. The maximum atomic E-state index is 6.27. The molecule has 0 radical (unpaired) electrons. The van der Waals surface area contributed by atoms with E-state index in [4.69, 9.17) is 34.9 Å². The van der Waals surface area contributed by atoms with Gasteiger partial charge >= 0.3 is 0 Å².